The lowest BCUT2D eigenvalue weighted by Gasteiger charge is -2.35. The molecule has 9 nitrogen and oxygen atoms in total. The first-order chi connectivity index (χ1) is 17.8. The molecular weight excluding hydrogens is 565 g/mol. The van der Waals surface area contributed by atoms with E-state index in [2.05, 4.69) is 9.13 Å². The lowest BCUT2D eigenvalue weighted by molar-refractivity contribution is -0.308. The molecule has 1 heterocycles. The van der Waals surface area contributed by atoms with E-state index >= 15 is 4.39 Å². The molecular formula is C22H27F7N4O5S. The Morgan fingerprint density at radius 1 is 1.10 bits per heavy atom. The predicted octanol–water partition coefficient (Wildman–Crippen LogP) is 3.36. The zero-order valence-corrected chi connectivity index (χ0v) is 21.7. The number of amidine groups is 1. The van der Waals surface area contributed by atoms with Crippen molar-refractivity contribution in [3.63, 3.8) is 0 Å². The van der Waals surface area contributed by atoms with Crippen LogP contribution in [0.5, 0.6) is 5.75 Å². The van der Waals surface area contributed by atoms with Gasteiger partial charge in [-0.1, -0.05) is 12.1 Å². The monoisotopic (exact) mass is 592 g/mol. The van der Waals surface area contributed by atoms with Crippen molar-refractivity contribution in [3.8, 4) is 5.75 Å². The number of nitrogens with zero attached hydrogens (tertiary/aromatic N) is 3. The summed E-state index contributed by atoms with van der Waals surface area (Å²) in [7, 11) is -3.75. The van der Waals surface area contributed by atoms with Crippen molar-refractivity contribution in [3.05, 3.63) is 29.1 Å². The molecule has 220 valence electrons. The minimum absolute atomic E-state index is 0.0463. The van der Waals surface area contributed by atoms with E-state index in [-0.39, 0.29) is 56.5 Å². The summed E-state index contributed by atoms with van der Waals surface area (Å²) in [6, 6.07) is 3.10. The maximum Gasteiger partial charge on any atom is 0.434 e. The van der Waals surface area contributed by atoms with Gasteiger partial charge in [-0.25, -0.2) is 17.6 Å². The Kier molecular flexibility index (Phi) is 8.65. The molecule has 1 aromatic rings. The number of ether oxygens (including phenoxy) is 2. The van der Waals surface area contributed by atoms with Gasteiger partial charge in [-0.3, -0.25) is 4.90 Å². The van der Waals surface area contributed by atoms with Crippen LogP contribution in [0.4, 0.5) is 35.5 Å². The van der Waals surface area contributed by atoms with Gasteiger partial charge in [0.25, 0.3) is 16.1 Å². The maximum atomic E-state index is 15.0. The summed E-state index contributed by atoms with van der Waals surface area (Å²) < 4.78 is 127. The van der Waals surface area contributed by atoms with E-state index in [0.29, 0.717) is 18.4 Å². The second-order valence-corrected chi connectivity index (χ2v) is 11.2. The molecule has 1 aliphatic carbocycles. The fourth-order valence-electron chi connectivity index (χ4n) is 3.91. The van der Waals surface area contributed by atoms with Crippen molar-refractivity contribution in [2.24, 2.45) is 15.5 Å². The number of amides is 1. The van der Waals surface area contributed by atoms with Crippen LogP contribution < -0.4 is 10.5 Å². The fraction of sp³-hybridized carbons (Fsp3) is 0.636. The third-order valence-corrected chi connectivity index (χ3v) is 6.89. The molecule has 2 fully saturated rings. The number of alkyl halides is 6. The average Bonchev–Trinajstić information content (AvgIpc) is 3.58. The summed E-state index contributed by atoms with van der Waals surface area (Å²) in [5.41, 5.74) is 5.66. The number of piperazine rings is 1. The lowest BCUT2D eigenvalue weighted by atomic mass is 10.1. The van der Waals surface area contributed by atoms with E-state index in [1.165, 1.54) is 13.0 Å². The largest absolute Gasteiger partial charge is 0.489 e. The van der Waals surface area contributed by atoms with Crippen molar-refractivity contribution >= 4 is 22.0 Å². The normalized spacial score (nSPS) is 18.8. The molecule has 1 saturated carbocycles. The number of nitrogens with two attached hydrogens (primary N) is 1. The first-order valence-corrected chi connectivity index (χ1v) is 13.5. The lowest BCUT2D eigenvalue weighted by Crippen LogP contribution is -2.52. The van der Waals surface area contributed by atoms with Gasteiger partial charge in [0.15, 0.2) is 11.6 Å². The second kappa shape index (κ2) is 11.0. The Morgan fingerprint density at radius 3 is 2.15 bits per heavy atom. The van der Waals surface area contributed by atoms with Gasteiger partial charge in [-0.05, 0) is 25.3 Å². The molecule has 2 N–H and O–H groups in total. The van der Waals surface area contributed by atoms with Gasteiger partial charge in [0.1, 0.15) is 12.4 Å². The maximum absolute atomic E-state index is 15.0. The zero-order valence-electron chi connectivity index (χ0n) is 20.9. The topological polar surface area (TPSA) is 115 Å². The first-order valence-electron chi connectivity index (χ1n) is 11.6. The number of halogens is 7. The van der Waals surface area contributed by atoms with Crippen LogP contribution in [0, 0.1) is 18.2 Å². The molecule has 0 aromatic heterocycles. The number of benzene rings is 1. The summed E-state index contributed by atoms with van der Waals surface area (Å²) >= 11 is 0. The minimum Gasteiger partial charge on any atom is -0.489 e. The zero-order chi connectivity index (χ0) is 29.4. The van der Waals surface area contributed by atoms with E-state index in [1.54, 1.807) is 11.0 Å². The number of carbonyl (C=O) groups excluding carboxylic acids is 1. The molecule has 0 bridgehead atoms. The van der Waals surface area contributed by atoms with Gasteiger partial charge in [0.05, 0.1) is 11.7 Å². The Hall–Kier alpha value is -2.82. The first kappa shape index (κ1) is 30.7. The van der Waals surface area contributed by atoms with Gasteiger partial charge in [0, 0.05) is 38.3 Å². The standard InChI is InChI=1S/C22H27F7N4O5S/c1-13-3-4-14(16(15(13)23)37-12-20(5-6-20)18(30)31-39(2,35)36)11-32-7-9-33(10-8-32)19(34)38-17(21(24,25)26)22(27,28)29/h3-4,17H,5-12H2,1-2H3,(H2,30,31). The number of hydrogen-bond donors (Lipinski definition) is 1. The van der Waals surface area contributed by atoms with Gasteiger partial charge in [0.2, 0.25) is 0 Å². The van der Waals surface area contributed by atoms with Crippen LogP contribution >= 0.6 is 0 Å². The Bertz CT molecular complexity index is 1190. The number of rotatable bonds is 8. The SMILES string of the molecule is Cc1ccc(CN2CCN(C(=O)OC(C(F)(F)F)C(F)(F)F)CC2)c(OCC2(C(N)=NS(C)(=O)=O)CC2)c1F. The highest BCUT2D eigenvalue weighted by Crippen LogP contribution is 2.47. The third kappa shape index (κ3) is 7.86. The van der Waals surface area contributed by atoms with Crippen LogP contribution in [0.2, 0.25) is 0 Å². The molecule has 1 aliphatic heterocycles. The van der Waals surface area contributed by atoms with E-state index in [0.717, 1.165) is 11.2 Å². The third-order valence-electron chi connectivity index (χ3n) is 6.36. The number of hydrogen-bond acceptors (Lipinski definition) is 6. The van der Waals surface area contributed by atoms with Crippen LogP contribution in [-0.2, 0) is 21.3 Å². The highest BCUT2D eigenvalue weighted by atomic mass is 32.2. The molecule has 2 aliphatic rings. The number of sulfonamides is 1. The summed E-state index contributed by atoms with van der Waals surface area (Å²) in [4.78, 5) is 14.4. The smallest absolute Gasteiger partial charge is 0.434 e. The van der Waals surface area contributed by atoms with Crippen molar-refractivity contribution < 1.29 is 53.4 Å². The Labute approximate surface area is 219 Å². The van der Waals surface area contributed by atoms with Crippen LogP contribution in [0.25, 0.3) is 0 Å². The summed E-state index contributed by atoms with van der Waals surface area (Å²) in [6.07, 6.45) is -15.8. The number of aryl methyl sites for hydroxylation is 1. The Morgan fingerprint density at radius 2 is 1.67 bits per heavy atom. The van der Waals surface area contributed by atoms with Crippen LogP contribution in [0.1, 0.15) is 24.0 Å². The average molecular weight is 593 g/mol. The molecule has 0 spiro atoms. The van der Waals surface area contributed by atoms with Gasteiger partial charge >= 0.3 is 18.4 Å². The Balaban J connectivity index is 1.65. The second-order valence-electron chi connectivity index (χ2n) is 9.57. The van der Waals surface area contributed by atoms with E-state index in [4.69, 9.17) is 10.5 Å². The van der Waals surface area contributed by atoms with Gasteiger partial charge < -0.3 is 20.1 Å². The van der Waals surface area contributed by atoms with Crippen LogP contribution in [0.3, 0.4) is 0 Å². The summed E-state index contributed by atoms with van der Waals surface area (Å²) in [6.45, 7) is 1.10. The molecule has 0 radical (unpaired) electrons. The van der Waals surface area contributed by atoms with E-state index < -0.39 is 45.8 Å². The van der Waals surface area contributed by atoms with Gasteiger partial charge in [-0.15, -0.1) is 0 Å². The minimum atomic E-state index is -5.82. The molecule has 17 heteroatoms. The molecule has 39 heavy (non-hydrogen) atoms. The van der Waals surface area contributed by atoms with Crippen molar-refractivity contribution in [2.75, 3.05) is 39.0 Å². The highest BCUT2D eigenvalue weighted by molar-refractivity contribution is 7.89. The van der Waals surface area contributed by atoms with Crippen molar-refractivity contribution in [1.82, 2.24) is 9.80 Å². The van der Waals surface area contributed by atoms with Crippen LogP contribution in [0.15, 0.2) is 16.5 Å². The quantitative estimate of drug-likeness (QED) is 0.280. The fourth-order valence-corrected chi connectivity index (χ4v) is 4.46. The molecule has 0 unspecified atom stereocenters. The van der Waals surface area contributed by atoms with Crippen molar-refractivity contribution in [2.45, 2.75) is 44.8 Å². The molecule has 1 amide bonds. The van der Waals surface area contributed by atoms with E-state index in [9.17, 15) is 39.6 Å². The molecule has 1 saturated heterocycles. The van der Waals surface area contributed by atoms with Crippen molar-refractivity contribution in [1.29, 1.82) is 0 Å². The molecule has 3 rings (SSSR count). The van der Waals surface area contributed by atoms with Crippen LogP contribution in [-0.4, -0.2) is 87.6 Å². The highest BCUT2D eigenvalue weighted by Gasteiger charge is 2.60. The molecule has 0 atom stereocenters. The predicted molar refractivity (Wildman–Crippen MR) is 124 cm³/mol. The number of carbonyl (C=O) groups is 1. The summed E-state index contributed by atoms with van der Waals surface area (Å²) in [5, 5.41) is 0. The van der Waals surface area contributed by atoms with E-state index in [1.807, 2.05) is 0 Å². The summed E-state index contributed by atoms with van der Waals surface area (Å²) in [5.74, 6) is -0.899. The molecule has 1 aromatic carbocycles. The van der Waals surface area contributed by atoms with Gasteiger partial charge in [-0.2, -0.15) is 30.7 Å².